The molecule has 2 spiro atoms. The molecule has 0 atom stereocenters. The molecule has 3 fully saturated rings. The number of methoxy groups -OCH3 is 1. The van der Waals surface area contributed by atoms with Crippen molar-refractivity contribution in [2.45, 2.75) is 161 Å². The molecule has 0 aromatic rings. The fourth-order valence-corrected chi connectivity index (χ4v) is 6.82. The third-order valence-corrected chi connectivity index (χ3v) is 7.51. The number of hydrogen-bond donors (Lipinski definition) is 1. The van der Waals surface area contributed by atoms with E-state index in [4.69, 9.17) is 9.47 Å². The first-order chi connectivity index (χ1) is 15.6. The van der Waals surface area contributed by atoms with E-state index in [0.717, 1.165) is 51.5 Å². The van der Waals surface area contributed by atoms with Crippen LogP contribution in [0.5, 0.6) is 0 Å². The number of carbonyl (C=O) groups is 1. The molecule has 202 valence electrons. The van der Waals surface area contributed by atoms with Crippen molar-refractivity contribution in [3.8, 4) is 0 Å². The summed E-state index contributed by atoms with van der Waals surface area (Å²) in [7, 11) is 1.74. The summed E-state index contributed by atoms with van der Waals surface area (Å²) in [5.41, 5.74) is -1.41. The minimum absolute atomic E-state index is 0. The second-order valence-corrected chi connectivity index (χ2v) is 11.8. The van der Waals surface area contributed by atoms with Crippen molar-refractivity contribution in [3.63, 3.8) is 0 Å². The van der Waals surface area contributed by atoms with E-state index in [1.807, 2.05) is 13.8 Å². The molecule has 1 aliphatic carbocycles. The maximum Gasteiger partial charge on any atom is 0.257 e. The Balaban J connectivity index is 0.00000188. The minimum atomic E-state index is -0.706. The van der Waals surface area contributed by atoms with Crippen LogP contribution >= 0.6 is 0 Å². The predicted octanol–water partition coefficient (Wildman–Crippen LogP) is 7.22. The van der Waals surface area contributed by atoms with E-state index in [9.17, 15) is 4.79 Å². The van der Waals surface area contributed by atoms with Crippen LogP contribution in [0.1, 0.15) is 139 Å². The van der Waals surface area contributed by atoms with E-state index in [1.165, 1.54) is 44.9 Å². The fourth-order valence-electron chi connectivity index (χ4n) is 6.82. The Kier molecular flexibility index (Phi) is 12.6. The number of nitrogens with zero attached hydrogens (tertiary/aromatic N) is 1. The number of carbonyl (C=O) groups excluding carboxylic acids is 1. The molecular weight excluding hydrogens is 424 g/mol. The highest BCUT2D eigenvalue weighted by Crippen LogP contribution is 2.50. The average Bonchev–Trinajstić information content (AvgIpc) is 2.92. The van der Waals surface area contributed by atoms with Crippen LogP contribution in [0.3, 0.4) is 0 Å². The quantitative estimate of drug-likeness (QED) is 0.430. The summed E-state index contributed by atoms with van der Waals surface area (Å²) in [6.07, 6.45) is 15.8. The Morgan fingerprint density at radius 2 is 1.29 bits per heavy atom. The summed E-state index contributed by atoms with van der Waals surface area (Å²) in [5, 5.41) is 3.75. The normalized spacial score (nSPS) is 26.1. The highest BCUT2D eigenvalue weighted by molar-refractivity contribution is 5.88. The number of ether oxygens (including phenoxy) is 2. The number of piperidine rings is 1. The standard InChI is InChI=1S/C26H48N2O3.C2H6.CH4/c1-23(2)20-25(21-24(3,4)27-23)22(29)28(18-15-19-30-5)26(31-25)16-13-11-9-7-6-8-10-12-14-17-26;1-2;/h27H,6-21H2,1-5H3;1-2H3;1H4. The summed E-state index contributed by atoms with van der Waals surface area (Å²) >= 11 is 0. The van der Waals surface area contributed by atoms with Gasteiger partial charge in [0.05, 0.1) is 0 Å². The fraction of sp³-hybridized carbons (Fsp3) is 0.966. The number of amides is 1. The molecule has 5 heteroatoms. The molecule has 2 saturated heterocycles. The smallest absolute Gasteiger partial charge is 0.257 e. The summed E-state index contributed by atoms with van der Waals surface area (Å²) in [4.78, 5) is 16.3. The Bertz CT molecular complexity index is 574. The molecule has 34 heavy (non-hydrogen) atoms. The van der Waals surface area contributed by atoms with E-state index < -0.39 is 11.3 Å². The summed E-state index contributed by atoms with van der Waals surface area (Å²) in [6, 6.07) is 0. The molecule has 3 rings (SSSR count). The van der Waals surface area contributed by atoms with Crippen LogP contribution in [0, 0.1) is 0 Å². The van der Waals surface area contributed by atoms with Crippen LogP contribution < -0.4 is 5.32 Å². The SMILES string of the molecule is C.CC.COCCCN1C(=O)C2(CC(C)(C)NC(C)(C)C2)OC12CCCCCCCCCCC2. The van der Waals surface area contributed by atoms with Crippen molar-refractivity contribution in [1.29, 1.82) is 0 Å². The molecule has 1 saturated carbocycles. The van der Waals surface area contributed by atoms with E-state index in [-0.39, 0.29) is 24.4 Å². The van der Waals surface area contributed by atoms with Gasteiger partial charge in [-0.25, -0.2) is 0 Å². The predicted molar refractivity (Wildman–Crippen MR) is 144 cm³/mol. The van der Waals surface area contributed by atoms with E-state index in [2.05, 4.69) is 37.9 Å². The van der Waals surface area contributed by atoms with Gasteiger partial charge in [0, 0.05) is 44.2 Å². The van der Waals surface area contributed by atoms with Gasteiger partial charge in [-0.15, -0.1) is 0 Å². The van der Waals surface area contributed by atoms with E-state index in [1.54, 1.807) is 7.11 Å². The monoisotopic (exact) mass is 482 g/mol. The first-order valence-electron chi connectivity index (χ1n) is 13.9. The molecular formula is C29H58N2O3. The summed E-state index contributed by atoms with van der Waals surface area (Å²) < 4.78 is 12.5. The molecule has 0 radical (unpaired) electrons. The molecule has 2 heterocycles. The molecule has 2 aliphatic heterocycles. The van der Waals surface area contributed by atoms with E-state index >= 15 is 0 Å². The molecule has 0 bridgehead atoms. The van der Waals surface area contributed by atoms with Crippen LogP contribution in [0.15, 0.2) is 0 Å². The zero-order chi connectivity index (χ0) is 24.6. The lowest BCUT2D eigenvalue weighted by atomic mass is 9.72. The topological polar surface area (TPSA) is 50.8 Å². The number of hydrogen-bond acceptors (Lipinski definition) is 4. The summed E-state index contributed by atoms with van der Waals surface area (Å²) in [5.74, 6) is 0.235. The van der Waals surface area contributed by atoms with E-state index in [0.29, 0.717) is 6.61 Å². The van der Waals surface area contributed by atoms with Crippen LogP contribution in [0.2, 0.25) is 0 Å². The van der Waals surface area contributed by atoms with Crippen molar-refractivity contribution >= 4 is 5.91 Å². The Morgan fingerprint density at radius 3 is 1.74 bits per heavy atom. The zero-order valence-electron chi connectivity index (χ0n) is 23.0. The minimum Gasteiger partial charge on any atom is -0.385 e. The van der Waals surface area contributed by atoms with Gasteiger partial charge >= 0.3 is 0 Å². The van der Waals surface area contributed by atoms with Crippen molar-refractivity contribution in [1.82, 2.24) is 10.2 Å². The van der Waals surface area contributed by atoms with Gasteiger partial charge in [0.2, 0.25) is 0 Å². The molecule has 0 aromatic carbocycles. The maximum absolute atomic E-state index is 14.1. The lowest BCUT2D eigenvalue weighted by Crippen LogP contribution is -2.65. The zero-order valence-corrected chi connectivity index (χ0v) is 23.0. The van der Waals surface area contributed by atoms with Crippen molar-refractivity contribution in [2.24, 2.45) is 0 Å². The summed E-state index contributed by atoms with van der Waals surface area (Å²) in [6.45, 7) is 14.3. The average molecular weight is 483 g/mol. The van der Waals surface area contributed by atoms with Gasteiger partial charge in [0.1, 0.15) is 5.72 Å². The Hall–Kier alpha value is -0.650. The largest absolute Gasteiger partial charge is 0.385 e. The van der Waals surface area contributed by atoms with Crippen molar-refractivity contribution in [3.05, 3.63) is 0 Å². The van der Waals surface area contributed by atoms with Gasteiger partial charge in [-0.1, -0.05) is 66.2 Å². The second kappa shape index (κ2) is 13.6. The van der Waals surface area contributed by atoms with Crippen LogP contribution in [-0.4, -0.2) is 53.5 Å². The third-order valence-electron chi connectivity index (χ3n) is 7.51. The van der Waals surface area contributed by atoms with Gasteiger partial charge in [0.25, 0.3) is 5.91 Å². The van der Waals surface area contributed by atoms with Crippen LogP contribution in [0.4, 0.5) is 0 Å². The molecule has 5 nitrogen and oxygen atoms in total. The van der Waals surface area contributed by atoms with Crippen molar-refractivity contribution in [2.75, 3.05) is 20.3 Å². The molecule has 1 amide bonds. The Labute approximate surface area is 212 Å². The molecule has 0 unspecified atom stereocenters. The van der Waals surface area contributed by atoms with Gasteiger partial charge in [-0.2, -0.15) is 0 Å². The van der Waals surface area contributed by atoms with Crippen LogP contribution in [-0.2, 0) is 14.3 Å². The van der Waals surface area contributed by atoms with Gasteiger partial charge < -0.3 is 19.7 Å². The Morgan fingerprint density at radius 1 is 0.853 bits per heavy atom. The molecule has 3 aliphatic rings. The maximum atomic E-state index is 14.1. The number of nitrogens with one attached hydrogen (secondary N) is 1. The highest BCUT2D eigenvalue weighted by Gasteiger charge is 2.64. The third kappa shape index (κ3) is 7.93. The van der Waals surface area contributed by atoms with Crippen LogP contribution in [0.25, 0.3) is 0 Å². The lowest BCUT2D eigenvalue weighted by Gasteiger charge is -2.50. The van der Waals surface area contributed by atoms with Gasteiger partial charge in [-0.3, -0.25) is 4.79 Å². The highest BCUT2D eigenvalue weighted by atomic mass is 16.6. The first kappa shape index (κ1) is 31.4. The van der Waals surface area contributed by atoms with Crippen molar-refractivity contribution < 1.29 is 14.3 Å². The second-order valence-electron chi connectivity index (χ2n) is 11.8. The lowest BCUT2D eigenvalue weighted by molar-refractivity contribution is -0.176. The van der Waals surface area contributed by atoms with Gasteiger partial charge in [0.15, 0.2) is 5.60 Å². The molecule has 1 N–H and O–H groups in total. The first-order valence-corrected chi connectivity index (χ1v) is 13.9. The number of rotatable bonds is 4. The van der Waals surface area contributed by atoms with Gasteiger partial charge in [-0.05, 0) is 59.8 Å². The molecule has 0 aromatic heterocycles.